The van der Waals surface area contributed by atoms with Crippen molar-refractivity contribution in [2.45, 2.75) is 45.4 Å². The van der Waals surface area contributed by atoms with Crippen LogP contribution in [-0.2, 0) is 6.54 Å². The number of rotatable bonds is 5. The van der Waals surface area contributed by atoms with E-state index in [9.17, 15) is 5.11 Å². The lowest BCUT2D eigenvalue weighted by molar-refractivity contribution is 0.0163. The minimum Gasteiger partial charge on any atom is -0.386 e. The summed E-state index contributed by atoms with van der Waals surface area (Å²) in [6.07, 6.45) is 4.22. The Labute approximate surface area is 97.9 Å². The van der Waals surface area contributed by atoms with Gasteiger partial charge in [0.15, 0.2) is 0 Å². The second kappa shape index (κ2) is 4.97. The molecule has 0 spiro atoms. The predicted molar refractivity (Wildman–Crippen MR) is 65.2 cm³/mol. The third kappa shape index (κ3) is 2.62. The summed E-state index contributed by atoms with van der Waals surface area (Å²) in [4.78, 5) is 2.02. The molecule has 0 aliphatic heterocycles. The molecule has 1 N–H and O–H groups in total. The van der Waals surface area contributed by atoms with Gasteiger partial charge in [-0.05, 0) is 34.4 Å². The first-order chi connectivity index (χ1) is 7.39. The molecule has 0 aliphatic rings. The molecule has 0 bridgehead atoms. The summed E-state index contributed by atoms with van der Waals surface area (Å²) in [6.45, 7) is 7.06. The number of hydrogen-bond donors (Lipinski definition) is 1. The summed E-state index contributed by atoms with van der Waals surface area (Å²) < 4.78 is 1.88. The molecule has 16 heavy (non-hydrogen) atoms. The van der Waals surface area contributed by atoms with Gasteiger partial charge in [-0.2, -0.15) is 5.10 Å². The van der Waals surface area contributed by atoms with Gasteiger partial charge in [0.05, 0.1) is 12.3 Å². The quantitative estimate of drug-likeness (QED) is 0.828. The van der Waals surface area contributed by atoms with Gasteiger partial charge in [-0.25, -0.2) is 0 Å². The van der Waals surface area contributed by atoms with Crippen molar-refractivity contribution < 1.29 is 5.11 Å². The first-order valence-electron chi connectivity index (χ1n) is 5.77. The lowest BCUT2D eigenvalue weighted by Crippen LogP contribution is -2.43. The van der Waals surface area contributed by atoms with Gasteiger partial charge < -0.3 is 10.0 Å². The van der Waals surface area contributed by atoms with Gasteiger partial charge in [0.25, 0.3) is 0 Å². The molecule has 1 rings (SSSR count). The average Bonchev–Trinajstić information content (AvgIpc) is 2.65. The van der Waals surface area contributed by atoms with Gasteiger partial charge in [0.1, 0.15) is 0 Å². The first kappa shape index (κ1) is 13.2. The van der Waals surface area contributed by atoms with E-state index in [4.69, 9.17) is 0 Å². The molecule has 1 aromatic heterocycles. The van der Waals surface area contributed by atoms with Crippen molar-refractivity contribution in [3.05, 3.63) is 18.0 Å². The summed E-state index contributed by atoms with van der Waals surface area (Å²) in [5.74, 6) is 0. The van der Waals surface area contributed by atoms with Crippen molar-refractivity contribution >= 4 is 0 Å². The largest absolute Gasteiger partial charge is 0.386 e. The van der Waals surface area contributed by atoms with Crippen LogP contribution in [0.1, 0.15) is 38.9 Å². The molecule has 4 nitrogen and oxygen atoms in total. The highest BCUT2D eigenvalue weighted by Crippen LogP contribution is 2.28. The Morgan fingerprint density at radius 2 is 2.12 bits per heavy atom. The van der Waals surface area contributed by atoms with Crippen molar-refractivity contribution in [3.8, 4) is 0 Å². The zero-order valence-corrected chi connectivity index (χ0v) is 10.9. The van der Waals surface area contributed by atoms with E-state index >= 15 is 0 Å². The van der Waals surface area contributed by atoms with Crippen LogP contribution >= 0.6 is 0 Å². The zero-order valence-electron chi connectivity index (χ0n) is 10.9. The van der Waals surface area contributed by atoms with Gasteiger partial charge in [-0.15, -0.1) is 0 Å². The molecule has 0 aliphatic carbocycles. The van der Waals surface area contributed by atoms with Crippen molar-refractivity contribution in [3.63, 3.8) is 0 Å². The van der Waals surface area contributed by atoms with Gasteiger partial charge in [0, 0.05) is 23.8 Å². The standard InChI is InChI=1S/C12H23N3O/c1-6-7-15-9-10(8-13-15)11(16)12(2,3)14(4)5/h8-9,11,16H,6-7H2,1-5H3. The SMILES string of the molecule is CCCn1cc(C(O)C(C)(C)N(C)C)cn1. The number of nitrogens with zero attached hydrogens (tertiary/aromatic N) is 3. The number of likely N-dealkylation sites (N-methyl/N-ethyl adjacent to an activating group) is 1. The number of aromatic nitrogens is 2. The average molecular weight is 225 g/mol. The minimum absolute atomic E-state index is 0.292. The van der Waals surface area contributed by atoms with Crippen LogP contribution in [0.25, 0.3) is 0 Å². The topological polar surface area (TPSA) is 41.3 Å². The summed E-state index contributed by atoms with van der Waals surface area (Å²) in [7, 11) is 3.94. The molecule has 1 atom stereocenters. The highest BCUT2D eigenvalue weighted by Gasteiger charge is 2.31. The molecule has 1 unspecified atom stereocenters. The zero-order chi connectivity index (χ0) is 12.3. The Hall–Kier alpha value is -0.870. The smallest absolute Gasteiger partial charge is 0.0998 e. The number of aliphatic hydroxyl groups excluding tert-OH is 1. The lowest BCUT2D eigenvalue weighted by atomic mass is 9.92. The summed E-state index contributed by atoms with van der Waals surface area (Å²) in [5.41, 5.74) is 0.590. The van der Waals surface area contributed by atoms with Crippen LogP contribution in [0.2, 0.25) is 0 Å². The molecule has 1 heterocycles. The lowest BCUT2D eigenvalue weighted by Gasteiger charge is -2.36. The molecule has 0 radical (unpaired) electrons. The second-order valence-corrected chi connectivity index (χ2v) is 4.99. The molecule has 0 fully saturated rings. The highest BCUT2D eigenvalue weighted by molar-refractivity contribution is 5.13. The van der Waals surface area contributed by atoms with E-state index in [-0.39, 0.29) is 5.54 Å². The fourth-order valence-corrected chi connectivity index (χ4v) is 1.52. The van der Waals surface area contributed by atoms with E-state index in [0.717, 1.165) is 18.5 Å². The Balaban J connectivity index is 2.83. The van der Waals surface area contributed by atoms with Gasteiger partial charge in [-0.1, -0.05) is 6.92 Å². The molecular formula is C12H23N3O. The Morgan fingerprint density at radius 1 is 1.50 bits per heavy atom. The minimum atomic E-state index is -0.520. The van der Waals surface area contributed by atoms with Gasteiger partial charge >= 0.3 is 0 Å². The molecule has 0 saturated heterocycles. The molecule has 0 aromatic carbocycles. The Kier molecular flexibility index (Phi) is 4.10. The summed E-state index contributed by atoms with van der Waals surface area (Å²) >= 11 is 0. The van der Waals surface area contributed by atoms with Crippen LogP contribution in [-0.4, -0.2) is 39.4 Å². The van der Waals surface area contributed by atoms with E-state index < -0.39 is 6.10 Å². The normalized spacial score (nSPS) is 14.4. The Bertz CT molecular complexity index is 331. The summed E-state index contributed by atoms with van der Waals surface area (Å²) in [5, 5.41) is 14.5. The van der Waals surface area contributed by atoms with Crippen LogP contribution in [0, 0.1) is 0 Å². The van der Waals surface area contributed by atoms with Crippen LogP contribution in [0.15, 0.2) is 12.4 Å². The van der Waals surface area contributed by atoms with Crippen LogP contribution in [0.3, 0.4) is 0 Å². The fourth-order valence-electron chi connectivity index (χ4n) is 1.52. The molecule has 4 heteroatoms. The summed E-state index contributed by atoms with van der Waals surface area (Å²) in [6, 6.07) is 0. The highest BCUT2D eigenvalue weighted by atomic mass is 16.3. The maximum atomic E-state index is 10.3. The van der Waals surface area contributed by atoms with Crippen molar-refractivity contribution in [1.82, 2.24) is 14.7 Å². The molecular weight excluding hydrogens is 202 g/mol. The van der Waals surface area contributed by atoms with E-state index in [1.54, 1.807) is 6.20 Å². The fraction of sp³-hybridized carbons (Fsp3) is 0.750. The van der Waals surface area contributed by atoms with Gasteiger partial charge in [0.2, 0.25) is 0 Å². The van der Waals surface area contributed by atoms with E-state index in [0.29, 0.717) is 0 Å². The van der Waals surface area contributed by atoms with Crippen LogP contribution in [0.5, 0.6) is 0 Å². The van der Waals surface area contributed by atoms with E-state index in [1.165, 1.54) is 0 Å². The first-order valence-corrected chi connectivity index (χ1v) is 5.77. The Morgan fingerprint density at radius 3 is 2.62 bits per heavy atom. The maximum Gasteiger partial charge on any atom is 0.0998 e. The maximum absolute atomic E-state index is 10.3. The van der Waals surface area contributed by atoms with Crippen molar-refractivity contribution in [1.29, 1.82) is 0 Å². The number of aliphatic hydroxyl groups is 1. The number of aryl methyl sites for hydroxylation is 1. The van der Waals surface area contributed by atoms with Gasteiger partial charge in [-0.3, -0.25) is 4.68 Å². The molecule has 0 amide bonds. The third-order valence-corrected chi connectivity index (χ3v) is 3.24. The van der Waals surface area contributed by atoms with Crippen LogP contribution < -0.4 is 0 Å². The molecule has 92 valence electrons. The third-order valence-electron chi connectivity index (χ3n) is 3.24. The van der Waals surface area contributed by atoms with E-state index in [2.05, 4.69) is 12.0 Å². The van der Waals surface area contributed by atoms with Crippen molar-refractivity contribution in [2.75, 3.05) is 14.1 Å². The number of hydrogen-bond acceptors (Lipinski definition) is 3. The van der Waals surface area contributed by atoms with Crippen molar-refractivity contribution in [2.24, 2.45) is 0 Å². The predicted octanol–water partition coefficient (Wildman–Crippen LogP) is 1.67. The molecule has 1 aromatic rings. The van der Waals surface area contributed by atoms with E-state index in [1.807, 2.05) is 43.7 Å². The molecule has 0 saturated carbocycles. The second-order valence-electron chi connectivity index (χ2n) is 4.99. The van der Waals surface area contributed by atoms with Crippen LogP contribution in [0.4, 0.5) is 0 Å². The monoisotopic (exact) mass is 225 g/mol.